The van der Waals surface area contributed by atoms with Gasteiger partial charge in [0, 0.05) is 11.0 Å². The summed E-state index contributed by atoms with van der Waals surface area (Å²) in [4.78, 5) is 0. The number of hydrogen-bond donors (Lipinski definition) is 2. The molecule has 1 aromatic heterocycles. The first-order valence-corrected chi connectivity index (χ1v) is 7.53. The van der Waals surface area contributed by atoms with Gasteiger partial charge in [-0.1, -0.05) is 40.1 Å². The van der Waals surface area contributed by atoms with Gasteiger partial charge in [-0.25, -0.2) is 0 Å². The smallest absolute Gasteiger partial charge is 0.315 e. The molecule has 0 aliphatic heterocycles. The van der Waals surface area contributed by atoms with Crippen LogP contribution < -0.4 is 10.6 Å². The Labute approximate surface area is 127 Å². The molecule has 0 fully saturated rings. The van der Waals surface area contributed by atoms with E-state index in [2.05, 4.69) is 43.7 Å². The molecule has 0 aliphatic carbocycles. The van der Waals surface area contributed by atoms with Crippen molar-refractivity contribution in [3.05, 3.63) is 40.2 Å². The third-order valence-electron chi connectivity index (χ3n) is 2.87. The van der Waals surface area contributed by atoms with Crippen LogP contribution in [0.15, 0.2) is 33.2 Å². The molecule has 108 valence electrons. The van der Waals surface area contributed by atoms with Crippen LogP contribution in [0.3, 0.4) is 0 Å². The summed E-state index contributed by atoms with van der Waals surface area (Å²) < 4.78 is 6.65. The molecular formula is C14H19BrN4O. The number of aromatic nitrogens is 2. The number of halogens is 1. The Kier molecular flexibility index (Phi) is 5.55. The van der Waals surface area contributed by atoms with E-state index in [1.54, 1.807) is 0 Å². The zero-order valence-corrected chi connectivity index (χ0v) is 13.3. The van der Waals surface area contributed by atoms with Gasteiger partial charge < -0.3 is 15.1 Å². The minimum absolute atomic E-state index is 0.0747. The highest BCUT2D eigenvalue weighted by molar-refractivity contribution is 9.10. The minimum Gasteiger partial charge on any atom is -0.406 e. The molecule has 20 heavy (non-hydrogen) atoms. The van der Waals surface area contributed by atoms with E-state index in [-0.39, 0.29) is 6.04 Å². The van der Waals surface area contributed by atoms with Crippen molar-refractivity contribution in [2.75, 3.05) is 11.9 Å². The van der Waals surface area contributed by atoms with Gasteiger partial charge in [-0.3, -0.25) is 0 Å². The van der Waals surface area contributed by atoms with Gasteiger partial charge in [-0.15, -0.1) is 5.10 Å². The summed E-state index contributed by atoms with van der Waals surface area (Å²) in [5.74, 6) is 0.608. The van der Waals surface area contributed by atoms with Gasteiger partial charge in [0.2, 0.25) is 5.89 Å². The standard InChI is InChI=1S/C14H19BrN4O/c1-3-8-16-10(2)13-18-19-14(20-13)17-9-11-4-6-12(15)7-5-11/h4-7,10,16H,3,8-9H2,1-2H3,(H,17,19). The average Bonchev–Trinajstić information content (AvgIpc) is 2.93. The molecule has 0 amide bonds. The number of rotatable bonds is 7. The fraction of sp³-hybridized carbons (Fsp3) is 0.429. The predicted molar refractivity (Wildman–Crippen MR) is 82.5 cm³/mol. The van der Waals surface area contributed by atoms with Crippen molar-refractivity contribution in [3.8, 4) is 0 Å². The quantitative estimate of drug-likeness (QED) is 0.808. The first-order chi connectivity index (χ1) is 9.69. The zero-order valence-electron chi connectivity index (χ0n) is 11.7. The summed E-state index contributed by atoms with van der Waals surface area (Å²) >= 11 is 3.41. The van der Waals surface area contributed by atoms with Gasteiger partial charge in [0.05, 0.1) is 6.04 Å². The van der Waals surface area contributed by atoms with Crippen molar-refractivity contribution in [1.29, 1.82) is 0 Å². The van der Waals surface area contributed by atoms with Crippen LogP contribution in [0.2, 0.25) is 0 Å². The molecule has 1 atom stereocenters. The molecule has 6 heteroatoms. The summed E-state index contributed by atoms with van der Waals surface area (Å²) in [6, 6.07) is 8.62. The van der Waals surface area contributed by atoms with Crippen molar-refractivity contribution in [2.24, 2.45) is 0 Å². The maximum atomic E-state index is 5.58. The topological polar surface area (TPSA) is 63.0 Å². The highest BCUT2D eigenvalue weighted by atomic mass is 79.9. The van der Waals surface area contributed by atoms with Crippen molar-refractivity contribution in [3.63, 3.8) is 0 Å². The van der Waals surface area contributed by atoms with Crippen LogP contribution in [0.5, 0.6) is 0 Å². The van der Waals surface area contributed by atoms with Crippen molar-refractivity contribution >= 4 is 21.9 Å². The summed E-state index contributed by atoms with van der Waals surface area (Å²) in [6.07, 6.45) is 1.08. The molecule has 1 unspecified atom stereocenters. The molecular weight excluding hydrogens is 320 g/mol. The van der Waals surface area contributed by atoms with E-state index in [9.17, 15) is 0 Å². The Morgan fingerprint density at radius 2 is 2.00 bits per heavy atom. The normalized spacial score (nSPS) is 12.3. The van der Waals surface area contributed by atoms with Crippen molar-refractivity contribution in [2.45, 2.75) is 32.9 Å². The van der Waals surface area contributed by atoms with E-state index in [1.807, 2.05) is 31.2 Å². The summed E-state index contributed by atoms with van der Waals surface area (Å²) in [6.45, 7) is 5.73. The fourth-order valence-electron chi connectivity index (χ4n) is 1.71. The molecule has 0 saturated heterocycles. The SMILES string of the molecule is CCCNC(C)c1nnc(NCc2ccc(Br)cc2)o1. The number of nitrogens with zero attached hydrogens (tertiary/aromatic N) is 2. The number of anilines is 1. The van der Waals surface area contributed by atoms with E-state index in [4.69, 9.17) is 4.42 Å². The predicted octanol–water partition coefficient (Wildman–Crippen LogP) is 3.50. The van der Waals surface area contributed by atoms with Crippen molar-refractivity contribution in [1.82, 2.24) is 15.5 Å². The maximum Gasteiger partial charge on any atom is 0.315 e. The van der Waals surface area contributed by atoms with Crippen LogP contribution in [0, 0.1) is 0 Å². The Hall–Kier alpha value is -1.40. The molecule has 0 radical (unpaired) electrons. The Bertz CT molecular complexity index is 526. The monoisotopic (exact) mass is 338 g/mol. The van der Waals surface area contributed by atoms with Crippen LogP contribution in [0.1, 0.15) is 37.8 Å². The lowest BCUT2D eigenvalue weighted by Crippen LogP contribution is -2.19. The number of hydrogen-bond acceptors (Lipinski definition) is 5. The molecule has 0 saturated carbocycles. The molecule has 1 heterocycles. The average molecular weight is 339 g/mol. The van der Waals surface area contributed by atoms with Gasteiger partial charge in [-0.2, -0.15) is 0 Å². The lowest BCUT2D eigenvalue weighted by atomic mass is 10.2. The zero-order chi connectivity index (χ0) is 14.4. The van der Waals surface area contributed by atoms with Crippen LogP contribution in [0.4, 0.5) is 6.01 Å². The third kappa shape index (κ3) is 4.31. The molecule has 0 spiro atoms. The highest BCUT2D eigenvalue weighted by Crippen LogP contribution is 2.15. The van der Waals surface area contributed by atoms with E-state index in [0.29, 0.717) is 18.5 Å². The molecule has 1 aromatic carbocycles. The largest absolute Gasteiger partial charge is 0.406 e. The second-order valence-corrected chi connectivity index (χ2v) is 5.52. The van der Waals surface area contributed by atoms with E-state index >= 15 is 0 Å². The minimum atomic E-state index is 0.0747. The van der Waals surface area contributed by atoms with Gasteiger partial charge in [0.25, 0.3) is 0 Å². The molecule has 2 aromatic rings. The summed E-state index contributed by atoms with van der Waals surface area (Å²) in [5, 5.41) is 14.5. The van der Waals surface area contributed by atoms with Gasteiger partial charge >= 0.3 is 6.01 Å². The highest BCUT2D eigenvalue weighted by Gasteiger charge is 2.12. The van der Waals surface area contributed by atoms with Crippen molar-refractivity contribution < 1.29 is 4.42 Å². The van der Waals surface area contributed by atoms with E-state index in [0.717, 1.165) is 23.0 Å². The van der Waals surface area contributed by atoms with E-state index in [1.165, 1.54) is 0 Å². The molecule has 0 aliphatic rings. The molecule has 0 bridgehead atoms. The van der Waals surface area contributed by atoms with Gasteiger partial charge in [0.1, 0.15) is 0 Å². The molecule has 5 nitrogen and oxygen atoms in total. The lowest BCUT2D eigenvalue weighted by Gasteiger charge is -2.07. The van der Waals surface area contributed by atoms with Crippen LogP contribution in [0.25, 0.3) is 0 Å². The lowest BCUT2D eigenvalue weighted by molar-refractivity contribution is 0.423. The summed E-state index contributed by atoms with van der Waals surface area (Å²) in [5.41, 5.74) is 1.16. The van der Waals surface area contributed by atoms with E-state index < -0.39 is 0 Å². The first kappa shape index (κ1) is 15.0. The Morgan fingerprint density at radius 3 is 2.70 bits per heavy atom. The van der Waals surface area contributed by atoms with Gasteiger partial charge in [0.15, 0.2) is 0 Å². The first-order valence-electron chi connectivity index (χ1n) is 6.74. The summed E-state index contributed by atoms with van der Waals surface area (Å²) in [7, 11) is 0. The molecule has 2 N–H and O–H groups in total. The van der Waals surface area contributed by atoms with Crippen LogP contribution >= 0.6 is 15.9 Å². The molecule has 2 rings (SSSR count). The van der Waals surface area contributed by atoms with Crippen LogP contribution in [-0.2, 0) is 6.54 Å². The third-order valence-corrected chi connectivity index (χ3v) is 3.40. The number of nitrogens with one attached hydrogen (secondary N) is 2. The van der Waals surface area contributed by atoms with Crippen LogP contribution in [-0.4, -0.2) is 16.7 Å². The Balaban J connectivity index is 1.87. The Morgan fingerprint density at radius 1 is 1.25 bits per heavy atom. The number of benzene rings is 1. The fourth-order valence-corrected chi connectivity index (χ4v) is 1.97. The maximum absolute atomic E-state index is 5.58. The second-order valence-electron chi connectivity index (χ2n) is 4.60. The second kappa shape index (κ2) is 7.40. The van der Waals surface area contributed by atoms with Gasteiger partial charge in [-0.05, 0) is 37.6 Å².